The van der Waals surface area contributed by atoms with E-state index in [4.69, 9.17) is 0 Å². The molecule has 118 valence electrons. The van der Waals surface area contributed by atoms with E-state index in [-0.39, 0.29) is 0 Å². The lowest BCUT2D eigenvalue weighted by atomic mass is 10.0. The second-order valence-corrected chi connectivity index (χ2v) is 5.79. The van der Waals surface area contributed by atoms with E-state index in [2.05, 4.69) is 53.2 Å². The first-order chi connectivity index (χ1) is 11.2. The smallest absolute Gasteiger partial charge is 0.0536 e. The van der Waals surface area contributed by atoms with E-state index >= 15 is 0 Å². The number of benzene rings is 1. The highest BCUT2D eigenvalue weighted by atomic mass is 15.3. The van der Waals surface area contributed by atoms with Crippen LogP contribution >= 0.6 is 0 Å². The first-order valence-corrected chi connectivity index (χ1v) is 7.92. The van der Waals surface area contributed by atoms with Crippen LogP contribution < -0.4 is 0 Å². The fourth-order valence-electron chi connectivity index (χ4n) is 2.66. The molecule has 23 heavy (non-hydrogen) atoms. The maximum Gasteiger partial charge on any atom is 0.0536 e. The van der Waals surface area contributed by atoms with Crippen LogP contribution in [0, 0.1) is 0 Å². The third kappa shape index (κ3) is 3.85. The molecule has 2 aromatic heterocycles. The van der Waals surface area contributed by atoms with E-state index in [0.717, 1.165) is 13.1 Å². The predicted octanol–water partition coefficient (Wildman–Crippen LogP) is 3.64. The molecule has 0 aliphatic heterocycles. The van der Waals surface area contributed by atoms with Gasteiger partial charge in [0.05, 0.1) is 6.54 Å². The summed E-state index contributed by atoms with van der Waals surface area (Å²) in [4.78, 5) is 6.44. The van der Waals surface area contributed by atoms with Crippen LogP contribution in [-0.4, -0.2) is 33.3 Å². The summed E-state index contributed by atoms with van der Waals surface area (Å²) in [5.41, 5.74) is 3.76. The topological polar surface area (TPSA) is 34.0 Å². The van der Waals surface area contributed by atoms with Gasteiger partial charge in [0.15, 0.2) is 0 Å². The van der Waals surface area contributed by atoms with Crippen molar-refractivity contribution in [3.05, 3.63) is 72.8 Å². The molecule has 0 radical (unpaired) electrons. The van der Waals surface area contributed by atoms with Crippen LogP contribution in [0.1, 0.15) is 18.5 Å². The van der Waals surface area contributed by atoms with E-state index < -0.39 is 0 Å². The summed E-state index contributed by atoms with van der Waals surface area (Å²) in [5, 5.41) is 4.26. The Morgan fingerprint density at radius 3 is 2.61 bits per heavy atom. The Kier molecular flexibility index (Phi) is 4.83. The molecule has 0 amide bonds. The summed E-state index contributed by atoms with van der Waals surface area (Å²) in [6, 6.07) is 15.1. The van der Waals surface area contributed by atoms with Gasteiger partial charge in [0.2, 0.25) is 0 Å². The van der Waals surface area contributed by atoms with Crippen molar-refractivity contribution in [3.63, 3.8) is 0 Å². The lowest BCUT2D eigenvalue weighted by Gasteiger charge is -2.25. The molecule has 0 saturated heterocycles. The van der Waals surface area contributed by atoms with Crippen LogP contribution in [0.4, 0.5) is 0 Å². The number of pyridine rings is 1. The maximum absolute atomic E-state index is 4.26. The summed E-state index contributed by atoms with van der Waals surface area (Å²) < 4.78 is 1.97. The fraction of sp³-hybridized carbons (Fsp3) is 0.263. The molecule has 4 heteroatoms. The van der Waals surface area contributed by atoms with Gasteiger partial charge < -0.3 is 0 Å². The SMILES string of the molecule is C[C@@H](c1cccc(-c2ccncc2)c1)N(C)CCn1cccn1. The van der Waals surface area contributed by atoms with Gasteiger partial charge in [0, 0.05) is 37.4 Å². The minimum Gasteiger partial charge on any atom is -0.298 e. The van der Waals surface area contributed by atoms with Gasteiger partial charge in [0.25, 0.3) is 0 Å². The zero-order valence-corrected chi connectivity index (χ0v) is 13.6. The highest BCUT2D eigenvalue weighted by Crippen LogP contribution is 2.25. The van der Waals surface area contributed by atoms with Crippen LogP contribution in [0.3, 0.4) is 0 Å². The number of nitrogens with zero attached hydrogens (tertiary/aromatic N) is 4. The van der Waals surface area contributed by atoms with Crippen molar-refractivity contribution < 1.29 is 0 Å². The number of hydrogen-bond donors (Lipinski definition) is 0. The zero-order valence-electron chi connectivity index (χ0n) is 13.6. The van der Waals surface area contributed by atoms with Crippen molar-refractivity contribution in [3.8, 4) is 11.1 Å². The van der Waals surface area contributed by atoms with E-state index in [1.807, 2.05) is 47.7 Å². The quantitative estimate of drug-likeness (QED) is 0.697. The minimum atomic E-state index is 0.354. The van der Waals surface area contributed by atoms with Crippen LogP contribution in [0.25, 0.3) is 11.1 Å². The molecular formula is C19H22N4. The lowest BCUT2D eigenvalue weighted by molar-refractivity contribution is 0.247. The van der Waals surface area contributed by atoms with Crippen LogP contribution in [0.5, 0.6) is 0 Å². The summed E-state index contributed by atoms with van der Waals surface area (Å²) in [6.45, 7) is 4.11. The van der Waals surface area contributed by atoms with E-state index in [1.165, 1.54) is 16.7 Å². The monoisotopic (exact) mass is 306 g/mol. The molecule has 3 rings (SSSR count). The first kappa shape index (κ1) is 15.4. The second-order valence-electron chi connectivity index (χ2n) is 5.79. The summed E-state index contributed by atoms with van der Waals surface area (Å²) in [6.07, 6.45) is 7.49. The molecule has 0 N–H and O–H groups in total. The molecule has 0 aliphatic carbocycles. The van der Waals surface area contributed by atoms with Gasteiger partial charge in [0.1, 0.15) is 0 Å². The van der Waals surface area contributed by atoms with Crippen molar-refractivity contribution in [2.24, 2.45) is 0 Å². The van der Waals surface area contributed by atoms with Crippen LogP contribution in [0.15, 0.2) is 67.3 Å². The Hall–Kier alpha value is -2.46. The van der Waals surface area contributed by atoms with Gasteiger partial charge in [-0.3, -0.25) is 14.6 Å². The van der Waals surface area contributed by atoms with Gasteiger partial charge >= 0.3 is 0 Å². The normalized spacial score (nSPS) is 12.5. The Balaban J connectivity index is 1.70. The molecule has 0 saturated carbocycles. The van der Waals surface area contributed by atoms with Crippen molar-refractivity contribution in [2.45, 2.75) is 19.5 Å². The van der Waals surface area contributed by atoms with Gasteiger partial charge in [-0.15, -0.1) is 0 Å². The molecule has 1 aromatic carbocycles. The average Bonchev–Trinajstić information content (AvgIpc) is 3.13. The van der Waals surface area contributed by atoms with Gasteiger partial charge in [-0.2, -0.15) is 5.10 Å². The molecule has 0 unspecified atom stereocenters. The van der Waals surface area contributed by atoms with Gasteiger partial charge in [-0.25, -0.2) is 0 Å². The minimum absolute atomic E-state index is 0.354. The molecule has 3 aromatic rings. The van der Waals surface area contributed by atoms with Crippen LogP contribution in [-0.2, 0) is 6.54 Å². The molecular weight excluding hydrogens is 284 g/mol. The zero-order chi connectivity index (χ0) is 16.1. The summed E-state index contributed by atoms with van der Waals surface area (Å²) in [7, 11) is 2.16. The highest BCUT2D eigenvalue weighted by molar-refractivity contribution is 5.63. The number of rotatable bonds is 6. The van der Waals surface area contributed by atoms with Crippen LogP contribution in [0.2, 0.25) is 0 Å². The fourth-order valence-corrected chi connectivity index (χ4v) is 2.66. The van der Waals surface area contributed by atoms with Gasteiger partial charge in [-0.05, 0) is 54.9 Å². The molecule has 2 heterocycles. The van der Waals surface area contributed by atoms with Gasteiger partial charge in [-0.1, -0.05) is 18.2 Å². The molecule has 0 spiro atoms. The second kappa shape index (κ2) is 7.20. The summed E-state index contributed by atoms with van der Waals surface area (Å²) in [5.74, 6) is 0. The van der Waals surface area contributed by atoms with E-state index in [0.29, 0.717) is 6.04 Å². The molecule has 1 atom stereocenters. The molecule has 0 fully saturated rings. The third-order valence-electron chi connectivity index (χ3n) is 4.28. The van der Waals surface area contributed by atoms with Crippen molar-refractivity contribution >= 4 is 0 Å². The third-order valence-corrected chi connectivity index (χ3v) is 4.28. The predicted molar refractivity (Wildman–Crippen MR) is 92.9 cm³/mol. The molecule has 0 bridgehead atoms. The Morgan fingerprint density at radius 1 is 1.04 bits per heavy atom. The van der Waals surface area contributed by atoms with E-state index in [9.17, 15) is 0 Å². The molecule has 0 aliphatic rings. The largest absolute Gasteiger partial charge is 0.298 e. The maximum atomic E-state index is 4.26. The van der Waals surface area contributed by atoms with Crippen molar-refractivity contribution in [2.75, 3.05) is 13.6 Å². The number of aromatic nitrogens is 3. The Bertz CT molecular complexity index is 722. The van der Waals surface area contributed by atoms with E-state index in [1.54, 1.807) is 0 Å². The number of likely N-dealkylation sites (N-methyl/N-ethyl adjacent to an activating group) is 1. The molecule has 4 nitrogen and oxygen atoms in total. The van der Waals surface area contributed by atoms with Crippen molar-refractivity contribution in [1.29, 1.82) is 0 Å². The summed E-state index contributed by atoms with van der Waals surface area (Å²) >= 11 is 0. The first-order valence-electron chi connectivity index (χ1n) is 7.92. The average molecular weight is 306 g/mol. The highest BCUT2D eigenvalue weighted by Gasteiger charge is 2.12. The van der Waals surface area contributed by atoms with Crippen molar-refractivity contribution in [1.82, 2.24) is 19.7 Å². The number of hydrogen-bond acceptors (Lipinski definition) is 3. The Labute approximate surface area is 137 Å². The lowest BCUT2D eigenvalue weighted by Crippen LogP contribution is -2.26. The Morgan fingerprint density at radius 2 is 1.87 bits per heavy atom. The standard InChI is InChI=1S/C19H22N4/c1-16(22(2)13-14-23-12-4-9-21-23)18-5-3-6-19(15-18)17-7-10-20-11-8-17/h3-12,15-16H,13-14H2,1-2H3/t16-/m0/s1.